The molecule has 0 rings (SSSR count). The van der Waals surface area contributed by atoms with E-state index in [-0.39, 0.29) is 38.8 Å². The van der Waals surface area contributed by atoms with Crippen molar-refractivity contribution in [2.45, 2.75) is 200 Å². The van der Waals surface area contributed by atoms with Gasteiger partial charge in [-0.2, -0.15) is 0 Å². The van der Waals surface area contributed by atoms with Gasteiger partial charge in [0.2, 0.25) is 0 Å². The molecule has 1 atom stereocenters. The number of unbranched alkanes of at least 4 members (excludes halogenated alkanes) is 18. The van der Waals surface area contributed by atoms with Crippen molar-refractivity contribution in [1.82, 2.24) is 9.80 Å². The quantitative estimate of drug-likeness (QED) is 0.0191. The van der Waals surface area contributed by atoms with E-state index in [2.05, 4.69) is 54.9 Å². The van der Waals surface area contributed by atoms with Crippen LogP contribution in [0.25, 0.3) is 0 Å². The van der Waals surface area contributed by atoms with Gasteiger partial charge in [-0.05, 0) is 78.9 Å². The molecule has 0 aromatic rings. The molecular formula is C51H96N2O9. The van der Waals surface area contributed by atoms with Gasteiger partial charge in [-0.1, -0.05) is 141 Å². The van der Waals surface area contributed by atoms with E-state index in [9.17, 15) is 14.4 Å². The Kier molecular flexibility index (Phi) is 44.7. The Labute approximate surface area is 380 Å². The third kappa shape index (κ3) is 44.1. The van der Waals surface area contributed by atoms with Crippen molar-refractivity contribution in [3.8, 4) is 0 Å². The second-order valence-corrected chi connectivity index (χ2v) is 17.3. The van der Waals surface area contributed by atoms with Crippen LogP contribution in [0.3, 0.4) is 0 Å². The van der Waals surface area contributed by atoms with Crippen LogP contribution in [-0.4, -0.2) is 115 Å². The Morgan fingerprint density at radius 3 is 1.53 bits per heavy atom. The molecule has 0 heterocycles. The van der Waals surface area contributed by atoms with Gasteiger partial charge in [0, 0.05) is 45.7 Å². The topological polar surface area (TPSA) is 113 Å². The molecule has 0 N–H and O–H groups in total. The van der Waals surface area contributed by atoms with Gasteiger partial charge < -0.3 is 38.2 Å². The van der Waals surface area contributed by atoms with Crippen LogP contribution in [0.15, 0.2) is 24.3 Å². The normalized spacial score (nSPS) is 12.3. The van der Waals surface area contributed by atoms with Crippen LogP contribution in [0.2, 0.25) is 0 Å². The second kappa shape index (κ2) is 46.5. The van der Waals surface area contributed by atoms with E-state index in [0.29, 0.717) is 32.5 Å². The van der Waals surface area contributed by atoms with Crippen LogP contribution in [0.4, 0.5) is 4.79 Å². The lowest BCUT2D eigenvalue weighted by molar-refractivity contribution is -0.161. The van der Waals surface area contributed by atoms with E-state index >= 15 is 0 Å². The molecular weight excluding hydrogens is 785 g/mol. The average Bonchev–Trinajstić information content (AvgIpc) is 3.26. The highest BCUT2D eigenvalue weighted by molar-refractivity contribution is 5.69. The number of carbonyl (C=O) groups excluding carboxylic acids is 3. The summed E-state index contributed by atoms with van der Waals surface area (Å²) in [6.07, 6.45) is 35.6. The zero-order chi connectivity index (χ0) is 45.6. The van der Waals surface area contributed by atoms with Gasteiger partial charge in [0.25, 0.3) is 0 Å². The minimum Gasteiger partial charge on any atom is -0.465 e. The summed E-state index contributed by atoms with van der Waals surface area (Å²) in [4.78, 5) is 42.4. The molecule has 0 aliphatic rings. The summed E-state index contributed by atoms with van der Waals surface area (Å²) >= 11 is 0. The third-order valence-corrected chi connectivity index (χ3v) is 10.7. The molecule has 0 radical (unpaired) electrons. The van der Waals surface area contributed by atoms with E-state index in [1.165, 1.54) is 77.0 Å². The van der Waals surface area contributed by atoms with Crippen molar-refractivity contribution < 1.29 is 42.8 Å². The van der Waals surface area contributed by atoms with Crippen LogP contribution in [0.5, 0.6) is 0 Å². The van der Waals surface area contributed by atoms with Gasteiger partial charge in [0.05, 0.1) is 18.9 Å². The van der Waals surface area contributed by atoms with Gasteiger partial charge >= 0.3 is 18.1 Å². The summed E-state index contributed by atoms with van der Waals surface area (Å²) < 4.78 is 34.1. The van der Waals surface area contributed by atoms with Crippen LogP contribution >= 0.6 is 0 Å². The number of nitrogens with zero attached hydrogens (tertiary/aromatic N) is 2. The summed E-state index contributed by atoms with van der Waals surface area (Å²) in [6.45, 7) is 10.6. The van der Waals surface area contributed by atoms with Crippen molar-refractivity contribution >= 4 is 18.1 Å². The largest absolute Gasteiger partial charge is 0.508 e. The minimum absolute atomic E-state index is 0.0261. The Morgan fingerprint density at radius 2 is 0.952 bits per heavy atom. The molecule has 11 heteroatoms. The first-order valence-corrected chi connectivity index (χ1v) is 25.2. The first-order valence-electron chi connectivity index (χ1n) is 25.2. The zero-order valence-corrected chi connectivity index (χ0v) is 41.0. The van der Waals surface area contributed by atoms with Crippen LogP contribution < -0.4 is 0 Å². The number of hydrogen-bond acceptors (Lipinski definition) is 11. The molecule has 0 saturated carbocycles. The van der Waals surface area contributed by atoms with Crippen molar-refractivity contribution in [1.29, 1.82) is 0 Å². The molecule has 0 bridgehead atoms. The highest BCUT2D eigenvalue weighted by Gasteiger charge is 2.20. The van der Waals surface area contributed by atoms with Gasteiger partial charge in [-0.15, -0.1) is 0 Å². The summed E-state index contributed by atoms with van der Waals surface area (Å²) in [5, 5.41) is 0. The fraction of sp³-hybridized carbons (Fsp3) is 0.863. The molecule has 0 saturated heterocycles. The van der Waals surface area contributed by atoms with Gasteiger partial charge in [0.15, 0.2) is 6.29 Å². The predicted molar refractivity (Wildman–Crippen MR) is 254 cm³/mol. The fourth-order valence-electron chi connectivity index (χ4n) is 6.64. The number of esters is 2. The summed E-state index contributed by atoms with van der Waals surface area (Å²) in [5.41, 5.74) is 0. The molecule has 0 aliphatic heterocycles. The second-order valence-electron chi connectivity index (χ2n) is 17.3. The highest BCUT2D eigenvalue weighted by atomic mass is 16.7. The maximum atomic E-state index is 13.0. The first kappa shape index (κ1) is 59.5. The van der Waals surface area contributed by atoms with Gasteiger partial charge in [-0.25, -0.2) is 4.79 Å². The lowest BCUT2D eigenvalue weighted by Crippen LogP contribution is -2.30. The van der Waals surface area contributed by atoms with E-state index < -0.39 is 24.3 Å². The van der Waals surface area contributed by atoms with Crippen molar-refractivity contribution in [2.75, 3.05) is 80.4 Å². The number of carbonyl (C=O) groups is 3. The molecule has 1 unspecified atom stereocenters. The van der Waals surface area contributed by atoms with Gasteiger partial charge in [0.1, 0.15) is 19.8 Å². The predicted octanol–water partition coefficient (Wildman–Crippen LogP) is 12.4. The van der Waals surface area contributed by atoms with Crippen LogP contribution in [0.1, 0.15) is 194 Å². The Hall–Kier alpha value is -2.47. The highest BCUT2D eigenvalue weighted by Crippen LogP contribution is 2.14. The monoisotopic (exact) mass is 881 g/mol. The maximum absolute atomic E-state index is 13.0. The van der Waals surface area contributed by atoms with Gasteiger partial charge in [-0.3, -0.25) is 9.59 Å². The van der Waals surface area contributed by atoms with E-state index in [1.807, 2.05) is 21.1 Å². The Balaban J connectivity index is 4.89. The lowest BCUT2D eigenvalue weighted by atomic mass is 10.1. The summed E-state index contributed by atoms with van der Waals surface area (Å²) in [7, 11) is 6.12. The Bertz CT molecular complexity index is 1050. The standard InChI is InChI=1S/C51H96N2O9/c1-7-10-13-16-19-20-21-22-23-24-25-26-27-28-31-35-48(54)60-44-47(46-62-51(56)59-43-34-38-53(6)40-39-52(4)5)45-61-49(55)36-37-50(57-41-32-29-17-14-11-8-2)58-42-33-30-18-15-12-9-3/h19-20,22-23,47,50H,7-18,21,24-46H2,1-6H3/b20-19-,23-22-. The number of hydrogen-bond donors (Lipinski definition) is 0. The molecule has 0 aromatic heterocycles. The van der Waals surface area contributed by atoms with Crippen molar-refractivity contribution in [3.63, 3.8) is 0 Å². The molecule has 0 aliphatic carbocycles. The molecule has 62 heavy (non-hydrogen) atoms. The first-order chi connectivity index (χ1) is 30.2. The lowest BCUT2D eigenvalue weighted by Gasteiger charge is -2.20. The van der Waals surface area contributed by atoms with Crippen LogP contribution in [-0.2, 0) is 38.0 Å². The van der Waals surface area contributed by atoms with Crippen molar-refractivity contribution in [3.05, 3.63) is 24.3 Å². The maximum Gasteiger partial charge on any atom is 0.508 e. The summed E-state index contributed by atoms with van der Waals surface area (Å²) in [6, 6.07) is 0. The number of likely N-dealkylation sites (N-methyl/N-ethyl adjacent to an activating group) is 2. The molecule has 0 spiro atoms. The van der Waals surface area contributed by atoms with Crippen LogP contribution in [0, 0.1) is 5.92 Å². The molecule has 364 valence electrons. The SMILES string of the molecule is CCCCC/C=C\C/C=C\CCCCCCCC(=O)OCC(COC(=O)CCC(OCCCCCCCC)OCCCCCCCC)COC(=O)OCCCN(C)CCN(C)C. The third-order valence-electron chi connectivity index (χ3n) is 10.7. The number of ether oxygens (including phenoxy) is 6. The van der Waals surface area contributed by atoms with E-state index in [1.54, 1.807) is 0 Å². The summed E-state index contributed by atoms with van der Waals surface area (Å²) in [5.74, 6) is -1.23. The Morgan fingerprint density at radius 1 is 0.468 bits per heavy atom. The average molecular weight is 881 g/mol. The van der Waals surface area contributed by atoms with E-state index in [0.717, 1.165) is 90.3 Å². The fourth-order valence-corrected chi connectivity index (χ4v) is 6.64. The molecule has 0 amide bonds. The zero-order valence-electron chi connectivity index (χ0n) is 41.0. The van der Waals surface area contributed by atoms with E-state index in [4.69, 9.17) is 28.4 Å². The van der Waals surface area contributed by atoms with Crippen molar-refractivity contribution in [2.24, 2.45) is 5.92 Å². The minimum atomic E-state index is -0.790. The molecule has 0 fully saturated rings. The molecule has 0 aromatic carbocycles. The number of allylic oxidation sites excluding steroid dienone is 4. The molecule has 11 nitrogen and oxygen atoms in total. The smallest absolute Gasteiger partial charge is 0.465 e. The number of rotatable bonds is 46.